The first kappa shape index (κ1) is 16.9. The summed E-state index contributed by atoms with van der Waals surface area (Å²) in [7, 11) is -3.44. The summed E-state index contributed by atoms with van der Waals surface area (Å²) in [5, 5.41) is 20.8. The van der Waals surface area contributed by atoms with Gasteiger partial charge >= 0.3 is 0 Å². The third-order valence-corrected chi connectivity index (χ3v) is 5.01. The van der Waals surface area contributed by atoms with Crippen LogP contribution >= 0.6 is 0 Å². The topological polar surface area (TPSA) is 89.9 Å². The van der Waals surface area contributed by atoms with Gasteiger partial charge in [-0.25, -0.2) is 8.42 Å². The number of hydrogen-bond donors (Lipinski definition) is 3. The van der Waals surface area contributed by atoms with Crippen molar-refractivity contribution in [2.24, 2.45) is 0 Å². The van der Waals surface area contributed by atoms with Crippen LogP contribution in [0, 0.1) is 0 Å². The molecule has 1 aromatic carbocycles. The van der Waals surface area contributed by atoms with Crippen molar-refractivity contribution in [3.05, 3.63) is 24.3 Å². The lowest BCUT2D eigenvalue weighted by molar-refractivity contribution is 0.105. The zero-order valence-electron chi connectivity index (χ0n) is 11.8. The third kappa shape index (κ3) is 4.17. The van der Waals surface area contributed by atoms with E-state index in [-0.39, 0.29) is 18.0 Å². The molecule has 0 aliphatic heterocycles. The maximum absolute atomic E-state index is 12.3. The fourth-order valence-corrected chi connectivity index (χ4v) is 3.22. The van der Waals surface area contributed by atoms with Crippen LogP contribution in [0.3, 0.4) is 0 Å². The van der Waals surface area contributed by atoms with Gasteiger partial charge in [-0.3, -0.25) is 0 Å². The highest BCUT2D eigenvalue weighted by molar-refractivity contribution is 7.89. The number of sulfonamides is 1. The number of aliphatic hydroxyl groups is 2. The Morgan fingerprint density at radius 2 is 1.75 bits per heavy atom. The summed E-state index contributed by atoms with van der Waals surface area (Å²) in [6.07, 6.45) is -0.839. The Kier molecular flexibility index (Phi) is 6.41. The van der Waals surface area contributed by atoms with E-state index in [1.165, 1.54) is 16.4 Å². The molecule has 114 valence electrons. The van der Waals surface area contributed by atoms with E-state index in [0.717, 1.165) is 0 Å². The minimum absolute atomic E-state index is 0.207. The first-order valence-electron chi connectivity index (χ1n) is 6.58. The van der Waals surface area contributed by atoms with E-state index in [4.69, 9.17) is 5.11 Å². The van der Waals surface area contributed by atoms with Crippen molar-refractivity contribution in [1.29, 1.82) is 0 Å². The fraction of sp³-hybridized carbons (Fsp3) is 0.538. The Balaban J connectivity index is 2.80. The summed E-state index contributed by atoms with van der Waals surface area (Å²) in [6.45, 7) is 4.35. The van der Waals surface area contributed by atoms with E-state index in [0.29, 0.717) is 18.8 Å². The second-order valence-electron chi connectivity index (χ2n) is 4.33. The van der Waals surface area contributed by atoms with Crippen LogP contribution in [-0.4, -0.2) is 55.3 Å². The fourth-order valence-electron chi connectivity index (χ4n) is 1.76. The van der Waals surface area contributed by atoms with Crippen molar-refractivity contribution in [2.75, 3.05) is 31.6 Å². The van der Waals surface area contributed by atoms with Gasteiger partial charge in [0.1, 0.15) is 0 Å². The summed E-state index contributed by atoms with van der Waals surface area (Å²) in [4.78, 5) is 0.245. The van der Waals surface area contributed by atoms with Gasteiger partial charge in [-0.1, -0.05) is 13.8 Å². The maximum Gasteiger partial charge on any atom is 0.243 e. The lowest BCUT2D eigenvalue weighted by Crippen LogP contribution is -2.30. The van der Waals surface area contributed by atoms with Gasteiger partial charge < -0.3 is 15.5 Å². The molecule has 0 bridgehead atoms. The van der Waals surface area contributed by atoms with Gasteiger partial charge in [-0.15, -0.1) is 0 Å². The average molecular weight is 302 g/mol. The zero-order chi connectivity index (χ0) is 15.2. The summed E-state index contributed by atoms with van der Waals surface area (Å²) in [6, 6.07) is 6.34. The van der Waals surface area contributed by atoms with E-state index < -0.39 is 16.1 Å². The van der Waals surface area contributed by atoms with E-state index in [1.807, 2.05) is 0 Å². The highest BCUT2D eigenvalue weighted by Crippen LogP contribution is 2.18. The highest BCUT2D eigenvalue weighted by Gasteiger charge is 2.21. The van der Waals surface area contributed by atoms with Crippen LogP contribution in [0.1, 0.15) is 13.8 Å². The molecule has 7 heteroatoms. The smallest absolute Gasteiger partial charge is 0.243 e. The molecule has 6 nitrogen and oxygen atoms in total. The first-order chi connectivity index (χ1) is 9.45. The van der Waals surface area contributed by atoms with Gasteiger partial charge in [0.25, 0.3) is 0 Å². The molecule has 0 spiro atoms. The molecule has 0 aliphatic rings. The molecule has 0 amide bonds. The summed E-state index contributed by atoms with van der Waals surface area (Å²) in [5.74, 6) is 0. The zero-order valence-corrected chi connectivity index (χ0v) is 12.6. The van der Waals surface area contributed by atoms with E-state index in [1.54, 1.807) is 26.0 Å². The standard InChI is InChI=1S/C13H22N2O4S/c1-3-15(4-2)20(18,19)13-7-5-11(6-8-13)14-9-12(17)10-16/h5-8,12,14,16-17H,3-4,9-10H2,1-2H3. The van der Waals surface area contributed by atoms with Crippen molar-refractivity contribution in [3.63, 3.8) is 0 Å². The van der Waals surface area contributed by atoms with Crippen molar-refractivity contribution in [2.45, 2.75) is 24.8 Å². The molecular formula is C13H22N2O4S. The molecule has 0 saturated heterocycles. The normalized spacial score (nSPS) is 13.4. The molecule has 3 N–H and O–H groups in total. The highest BCUT2D eigenvalue weighted by atomic mass is 32.2. The molecule has 1 rings (SSSR count). The Hall–Kier alpha value is -1.15. The molecule has 0 aliphatic carbocycles. The van der Waals surface area contributed by atoms with Crippen molar-refractivity contribution in [3.8, 4) is 0 Å². The average Bonchev–Trinajstić information content (AvgIpc) is 2.46. The van der Waals surface area contributed by atoms with Gasteiger partial charge in [-0.05, 0) is 24.3 Å². The van der Waals surface area contributed by atoms with Gasteiger partial charge in [0.15, 0.2) is 0 Å². The van der Waals surface area contributed by atoms with Crippen LogP contribution in [-0.2, 0) is 10.0 Å². The SMILES string of the molecule is CCN(CC)S(=O)(=O)c1ccc(NCC(O)CO)cc1. The van der Waals surface area contributed by atoms with Gasteiger partial charge in [0.2, 0.25) is 10.0 Å². The number of nitrogens with zero attached hydrogens (tertiary/aromatic N) is 1. The third-order valence-electron chi connectivity index (χ3n) is 2.95. The van der Waals surface area contributed by atoms with Crippen molar-refractivity contribution < 1.29 is 18.6 Å². The molecule has 0 radical (unpaired) electrons. The second kappa shape index (κ2) is 7.58. The van der Waals surface area contributed by atoms with Gasteiger partial charge in [0, 0.05) is 25.3 Å². The number of hydrogen-bond acceptors (Lipinski definition) is 5. The molecule has 1 aromatic rings. The first-order valence-corrected chi connectivity index (χ1v) is 8.02. The Morgan fingerprint density at radius 1 is 1.20 bits per heavy atom. The maximum atomic E-state index is 12.3. The number of anilines is 1. The number of nitrogens with one attached hydrogen (secondary N) is 1. The molecule has 0 fully saturated rings. The number of rotatable bonds is 8. The largest absolute Gasteiger partial charge is 0.394 e. The summed E-state index contributed by atoms with van der Waals surface area (Å²) >= 11 is 0. The molecule has 1 atom stereocenters. The molecule has 0 heterocycles. The van der Waals surface area contributed by atoms with Crippen LogP contribution in [0.5, 0.6) is 0 Å². The quantitative estimate of drug-likeness (QED) is 0.650. The van der Waals surface area contributed by atoms with E-state index >= 15 is 0 Å². The lowest BCUT2D eigenvalue weighted by Gasteiger charge is -2.18. The van der Waals surface area contributed by atoms with E-state index in [9.17, 15) is 13.5 Å². The number of benzene rings is 1. The van der Waals surface area contributed by atoms with Crippen LogP contribution in [0.2, 0.25) is 0 Å². The molecule has 1 unspecified atom stereocenters. The van der Waals surface area contributed by atoms with Crippen molar-refractivity contribution in [1.82, 2.24) is 4.31 Å². The molecular weight excluding hydrogens is 280 g/mol. The Bertz CT molecular complexity index is 498. The predicted octanol–water partition coefficient (Wildman–Crippen LogP) is 0.482. The minimum atomic E-state index is -3.44. The van der Waals surface area contributed by atoms with E-state index in [2.05, 4.69) is 5.32 Å². The van der Waals surface area contributed by atoms with Crippen LogP contribution in [0.15, 0.2) is 29.2 Å². The monoisotopic (exact) mass is 302 g/mol. The second-order valence-corrected chi connectivity index (χ2v) is 6.27. The molecule has 0 aromatic heterocycles. The number of aliphatic hydroxyl groups excluding tert-OH is 2. The lowest BCUT2D eigenvalue weighted by atomic mass is 10.3. The van der Waals surface area contributed by atoms with Crippen LogP contribution < -0.4 is 5.32 Å². The Morgan fingerprint density at radius 3 is 2.20 bits per heavy atom. The molecule has 0 saturated carbocycles. The minimum Gasteiger partial charge on any atom is -0.394 e. The predicted molar refractivity (Wildman–Crippen MR) is 78.1 cm³/mol. The van der Waals surface area contributed by atoms with Crippen LogP contribution in [0.4, 0.5) is 5.69 Å². The molecule has 20 heavy (non-hydrogen) atoms. The summed E-state index contributed by atoms with van der Waals surface area (Å²) < 4.78 is 25.9. The Labute approximate surface area is 120 Å². The van der Waals surface area contributed by atoms with Crippen molar-refractivity contribution >= 4 is 15.7 Å². The van der Waals surface area contributed by atoms with Gasteiger partial charge in [0.05, 0.1) is 17.6 Å². The summed E-state index contributed by atoms with van der Waals surface area (Å²) in [5.41, 5.74) is 0.691. The van der Waals surface area contributed by atoms with Crippen LogP contribution in [0.25, 0.3) is 0 Å². The van der Waals surface area contributed by atoms with Gasteiger partial charge in [-0.2, -0.15) is 4.31 Å².